The van der Waals surface area contributed by atoms with Crippen molar-refractivity contribution in [3.05, 3.63) is 58.7 Å². The fourth-order valence-corrected chi connectivity index (χ4v) is 10.3. The first-order chi connectivity index (χ1) is 25.7. The zero-order chi connectivity index (χ0) is 35.8. The largest absolute Gasteiger partial charge is 0.312 e. The van der Waals surface area contributed by atoms with Gasteiger partial charge in [-0.05, 0) is 135 Å². The molecular weight excluding hydrogens is 633 g/mol. The molecule has 290 valence electrons. The van der Waals surface area contributed by atoms with Gasteiger partial charge in [-0.15, -0.1) is 0 Å². The van der Waals surface area contributed by atoms with Crippen molar-refractivity contribution in [2.75, 3.05) is 26.2 Å². The number of rotatable bonds is 19. The van der Waals surface area contributed by atoms with Gasteiger partial charge in [0.05, 0.1) is 0 Å². The molecule has 4 fully saturated rings. The van der Waals surface area contributed by atoms with Crippen molar-refractivity contribution in [2.24, 2.45) is 0 Å². The summed E-state index contributed by atoms with van der Waals surface area (Å²) in [5, 5.41) is 15.7. The van der Waals surface area contributed by atoms with Gasteiger partial charge in [0.2, 0.25) is 0 Å². The van der Waals surface area contributed by atoms with Crippen molar-refractivity contribution in [1.29, 1.82) is 0 Å². The Morgan fingerprint density at radius 1 is 0.442 bits per heavy atom. The van der Waals surface area contributed by atoms with E-state index < -0.39 is 0 Å². The van der Waals surface area contributed by atoms with Crippen molar-refractivity contribution in [2.45, 2.75) is 204 Å². The quantitative estimate of drug-likeness (QED) is 0.110. The molecule has 0 aliphatic carbocycles. The van der Waals surface area contributed by atoms with Crippen LogP contribution in [0, 0.1) is 0 Å². The van der Waals surface area contributed by atoms with Gasteiger partial charge in [0, 0.05) is 37.3 Å². The van der Waals surface area contributed by atoms with Crippen molar-refractivity contribution in [1.82, 2.24) is 21.3 Å². The average Bonchev–Trinajstić information content (AvgIpc) is 3.21. The molecule has 0 amide bonds. The van der Waals surface area contributed by atoms with E-state index in [1.54, 1.807) is 22.3 Å². The molecule has 4 nitrogen and oxygen atoms in total. The van der Waals surface area contributed by atoms with Gasteiger partial charge in [-0.2, -0.15) is 0 Å². The summed E-state index contributed by atoms with van der Waals surface area (Å²) in [5.41, 5.74) is 9.45. The highest BCUT2D eigenvalue weighted by molar-refractivity contribution is 5.72. The van der Waals surface area contributed by atoms with Gasteiger partial charge in [0.1, 0.15) is 0 Å². The molecule has 0 aromatic heterocycles. The van der Waals surface area contributed by atoms with Gasteiger partial charge in [0.25, 0.3) is 0 Å². The van der Waals surface area contributed by atoms with Crippen LogP contribution in [0.5, 0.6) is 0 Å². The molecule has 2 aromatic carbocycles. The van der Waals surface area contributed by atoms with Crippen LogP contribution < -0.4 is 21.3 Å². The molecule has 2 aromatic rings. The van der Waals surface area contributed by atoms with Crippen molar-refractivity contribution < 1.29 is 0 Å². The molecule has 0 spiro atoms. The molecule has 4 aliphatic heterocycles. The first-order valence-electron chi connectivity index (χ1n) is 22.9. The number of hydrogen-bond donors (Lipinski definition) is 4. The van der Waals surface area contributed by atoms with Crippen LogP contribution in [-0.4, -0.2) is 50.3 Å². The Morgan fingerprint density at radius 3 is 1.25 bits per heavy atom. The minimum absolute atomic E-state index is 0.633. The number of hydrogen-bond acceptors (Lipinski definition) is 4. The SMILES string of the molecule is CCCCCCCCc1cc(C2CCC(C3CCCCN3)NC2)ccc1-c1ccc(C2CCC(C3CCCCN3)NC2)cc1CCCCCCCC. The summed E-state index contributed by atoms with van der Waals surface area (Å²) in [6.07, 6.45) is 32.1. The van der Waals surface area contributed by atoms with Crippen LogP contribution in [0.15, 0.2) is 36.4 Å². The van der Waals surface area contributed by atoms with Gasteiger partial charge in [0.15, 0.2) is 0 Å². The third-order valence-corrected chi connectivity index (χ3v) is 13.7. The van der Waals surface area contributed by atoms with E-state index in [2.05, 4.69) is 71.5 Å². The topological polar surface area (TPSA) is 48.1 Å². The fraction of sp³-hybridized carbons (Fsp3) is 0.750. The molecule has 0 bridgehead atoms. The molecule has 52 heavy (non-hydrogen) atoms. The van der Waals surface area contributed by atoms with Gasteiger partial charge in [-0.1, -0.05) is 127 Å². The van der Waals surface area contributed by atoms with Gasteiger partial charge >= 0.3 is 0 Å². The van der Waals surface area contributed by atoms with Crippen molar-refractivity contribution in [3.8, 4) is 11.1 Å². The predicted octanol–water partition coefficient (Wildman–Crippen LogP) is 11.1. The van der Waals surface area contributed by atoms with E-state index in [9.17, 15) is 0 Å². The highest BCUT2D eigenvalue weighted by atomic mass is 15.0. The molecule has 6 atom stereocenters. The number of aryl methyl sites for hydroxylation is 2. The van der Waals surface area contributed by atoms with Crippen LogP contribution in [-0.2, 0) is 12.8 Å². The summed E-state index contributed by atoms with van der Waals surface area (Å²) >= 11 is 0. The van der Waals surface area contributed by atoms with Gasteiger partial charge < -0.3 is 21.3 Å². The molecule has 4 heteroatoms. The summed E-state index contributed by atoms with van der Waals surface area (Å²) in [6, 6.07) is 18.1. The van der Waals surface area contributed by atoms with E-state index in [0.717, 1.165) is 13.1 Å². The van der Waals surface area contributed by atoms with Crippen LogP contribution in [0.2, 0.25) is 0 Å². The minimum atomic E-state index is 0.633. The normalized spacial score (nSPS) is 27.1. The monoisotopic (exact) mass is 711 g/mol. The molecule has 4 saturated heterocycles. The van der Waals surface area contributed by atoms with Gasteiger partial charge in [-0.25, -0.2) is 0 Å². The zero-order valence-corrected chi connectivity index (χ0v) is 33.7. The maximum atomic E-state index is 4.01. The summed E-state index contributed by atoms with van der Waals surface area (Å²) in [6.45, 7) is 9.32. The Bertz CT molecular complexity index is 1180. The average molecular weight is 711 g/mol. The lowest BCUT2D eigenvalue weighted by atomic mass is 9.81. The Hall–Kier alpha value is -1.72. The molecule has 4 aliphatic rings. The Kier molecular flexibility index (Phi) is 16.9. The van der Waals surface area contributed by atoms with Crippen LogP contribution in [0.25, 0.3) is 11.1 Å². The van der Waals surface area contributed by atoms with E-state index in [4.69, 9.17) is 0 Å². The maximum absolute atomic E-state index is 4.01. The lowest BCUT2D eigenvalue weighted by molar-refractivity contribution is 0.259. The molecule has 0 radical (unpaired) electrons. The summed E-state index contributed by atoms with van der Waals surface area (Å²) in [7, 11) is 0. The summed E-state index contributed by atoms with van der Waals surface area (Å²) < 4.78 is 0. The van der Waals surface area contributed by atoms with Gasteiger partial charge in [-0.3, -0.25) is 0 Å². The van der Waals surface area contributed by atoms with E-state index >= 15 is 0 Å². The lowest BCUT2D eigenvalue weighted by Gasteiger charge is -2.37. The fourth-order valence-electron chi connectivity index (χ4n) is 10.3. The third kappa shape index (κ3) is 11.6. The van der Waals surface area contributed by atoms with Crippen molar-refractivity contribution >= 4 is 0 Å². The second-order valence-corrected chi connectivity index (χ2v) is 17.6. The summed E-state index contributed by atoms with van der Waals surface area (Å²) in [5.74, 6) is 1.27. The number of piperidine rings is 4. The standard InChI is InChI=1S/C48H78N4/c1-3-5-7-9-11-13-19-39-33-37(41-25-29-47(51-35-41)45-21-15-17-31-49-45)23-27-43(39)44-28-24-38(34-40(44)20-14-12-10-8-6-4-2)42-26-30-48(52-36-42)46-22-16-18-32-50-46/h23-24,27-28,33-34,41-42,45-52H,3-22,25-26,29-32,35-36H2,1-2H3. The third-order valence-electron chi connectivity index (χ3n) is 13.7. The number of nitrogens with one attached hydrogen (secondary N) is 4. The zero-order valence-electron chi connectivity index (χ0n) is 33.7. The second kappa shape index (κ2) is 22.0. The molecule has 6 unspecified atom stereocenters. The van der Waals surface area contributed by atoms with E-state index in [1.807, 2.05) is 0 Å². The molecule has 6 rings (SSSR count). The Labute approximate surface area is 320 Å². The van der Waals surface area contributed by atoms with Crippen LogP contribution in [0.4, 0.5) is 0 Å². The first-order valence-corrected chi connectivity index (χ1v) is 22.9. The maximum Gasteiger partial charge on any atom is 0.0221 e. The highest BCUT2D eigenvalue weighted by Crippen LogP contribution is 2.37. The predicted molar refractivity (Wildman–Crippen MR) is 225 cm³/mol. The minimum Gasteiger partial charge on any atom is -0.312 e. The lowest BCUT2D eigenvalue weighted by Crippen LogP contribution is -2.52. The first kappa shape index (κ1) is 40.0. The molecule has 0 saturated carbocycles. The molecular formula is C48H78N4. The van der Waals surface area contributed by atoms with E-state index in [0.29, 0.717) is 36.0 Å². The molecule has 4 heterocycles. The molecule has 4 N–H and O–H groups in total. The highest BCUT2D eigenvalue weighted by Gasteiger charge is 2.30. The summed E-state index contributed by atoms with van der Waals surface area (Å²) in [4.78, 5) is 0. The number of unbranched alkanes of at least 4 members (excludes halogenated alkanes) is 10. The second-order valence-electron chi connectivity index (χ2n) is 17.6. The smallest absolute Gasteiger partial charge is 0.0221 e. The van der Waals surface area contributed by atoms with E-state index in [-0.39, 0.29) is 0 Å². The van der Waals surface area contributed by atoms with Crippen LogP contribution >= 0.6 is 0 Å². The van der Waals surface area contributed by atoms with Crippen LogP contribution in [0.1, 0.15) is 189 Å². The Balaban J connectivity index is 1.19. The van der Waals surface area contributed by atoms with Crippen molar-refractivity contribution in [3.63, 3.8) is 0 Å². The van der Waals surface area contributed by atoms with E-state index in [1.165, 1.54) is 178 Å². The Morgan fingerprint density at radius 2 is 0.865 bits per heavy atom. The van der Waals surface area contributed by atoms with Crippen LogP contribution in [0.3, 0.4) is 0 Å². The number of benzene rings is 2.